The van der Waals surface area contributed by atoms with Gasteiger partial charge in [0, 0.05) is 6.04 Å². The van der Waals surface area contributed by atoms with Gasteiger partial charge >= 0.3 is 12.1 Å². The van der Waals surface area contributed by atoms with Gasteiger partial charge in [0.05, 0.1) is 7.11 Å². The maximum Gasteiger partial charge on any atom is 0.407 e. The smallest absolute Gasteiger partial charge is 0.407 e. The molecule has 6 heteroatoms. The average molecular weight is 342 g/mol. The summed E-state index contributed by atoms with van der Waals surface area (Å²) in [5.41, 5.74) is 0.588. The lowest BCUT2D eigenvalue weighted by Crippen LogP contribution is -2.45. The van der Waals surface area contributed by atoms with Crippen molar-refractivity contribution in [2.24, 2.45) is 16.2 Å². The van der Waals surface area contributed by atoms with E-state index in [-0.39, 0.29) is 16.2 Å². The van der Waals surface area contributed by atoms with Gasteiger partial charge in [0.25, 0.3) is 0 Å². The molecule has 1 saturated carbocycles. The van der Waals surface area contributed by atoms with Crippen LogP contribution in [0.4, 0.5) is 4.79 Å². The number of alkyl carbamates (subject to hydrolysis) is 1. The minimum absolute atomic E-state index is 0.146. The van der Waals surface area contributed by atoms with Crippen molar-refractivity contribution in [3.8, 4) is 0 Å². The van der Waals surface area contributed by atoms with Crippen molar-refractivity contribution in [3.05, 3.63) is 0 Å². The van der Waals surface area contributed by atoms with Crippen molar-refractivity contribution >= 4 is 12.1 Å². The number of ether oxygens (including phenoxy) is 1. The van der Waals surface area contributed by atoms with Crippen molar-refractivity contribution < 1.29 is 19.4 Å². The Hall–Kier alpha value is -1.30. The van der Waals surface area contributed by atoms with Crippen LogP contribution in [0.25, 0.3) is 0 Å². The Kier molecular flexibility index (Phi) is 6.31. The van der Waals surface area contributed by atoms with E-state index in [1.54, 1.807) is 0 Å². The zero-order valence-electron chi connectivity index (χ0n) is 16.2. The van der Waals surface area contributed by atoms with Crippen LogP contribution >= 0.6 is 0 Å². The van der Waals surface area contributed by atoms with Gasteiger partial charge in [-0.1, -0.05) is 41.5 Å². The van der Waals surface area contributed by atoms with Crippen LogP contribution in [0.15, 0.2) is 0 Å². The van der Waals surface area contributed by atoms with Crippen LogP contribution < -0.4 is 10.6 Å². The highest BCUT2D eigenvalue weighted by Crippen LogP contribution is 2.61. The second kappa shape index (κ2) is 7.30. The molecule has 0 aromatic rings. The quantitative estimate of drug-likeness (QED) is 0.619. The summed E-state index contributed by atoms with van der Waals surface area (Å²) < 4.78 is 4.46. The molecule has 2 atom stereocenters. The highest BCUT2D eigenvalue weighted by atomic mass is 16.5. The first-order valence-electron chi connectivity index (χ1n) is 8.67. The maximum absolute atomic E-state index is 11.2. The summed E-state index contributed by atoms with van der Waals surface area (Å²) in [6.07, 6.45) is 1.43. The molecule has 0 bridgehead atoms. The van der Waals surface area contributed by atoms with Crippen molar-refractivity contribution in [3.63, 3.8) is 0 Å². The maximum atomic E-state index is 11.2. The molecule has 0 aliphatic heterocycles. The molecule has 1 aliphatic rings. The molecule has 2 unspecified atom stereocenters. The molecular formula is C18H34N2O4. The van der Waals surface area contributed by atoms with Crippen LogP contribution in [-0.4, -0.2) is 42.9 Å². The van der Waals surface area contributed by atoms with Gasteiger partial charge in [0.2, 0.25) is 0 Å². The summed E-state index contributed by atoms with van der Waals surface area (Å²) in [6, 6.07) is -0.525. The van der Waals surface area contributed by atoms with E-state index in [9.17, 15) is 9.59 Å². The van der Waals surface area contributed by atoms with E-state index < -0.39 is 18.1 Å². The SMILES string of the molecule is COC(=O)NC(CCCNC1CC(C)(C)C(C)(C)C1(C)C)C(=O)O. The van der Waals surface area contributed by atoms with Crippen LogP contribution in [0.3, 0.4) is 0 Å². The minimum atomic E-state index is -1.04. The number of carbonyl (C=O) groups excluding carboxylic acids is 1. The second-order valence-electron chi connectivity index (χ2n) is 8.61. The molecule has 0 aromatic carbocycles. The van der Waals surface area contributed by atoms with Gasteiger partial charge in [-0.2, -0.15) is 0 Å². The molecule has 0 radical (unpaired) electrons. The summed E-state index contributed by atoms with van der Waals surface area (Å²) in [7, 11) is 1.22. The number of carbonyl (C=O) groups is 2. The first kappa shape index (κ1) is 20.7. The molecular weight excluding hydrogens is 308 g/mol. The molecule has 1 amide bonds. The number of carboxylic acids is 1. The van der Waals surface area contributed by atoms with Crippen LogP contribution in [0, 0.1) is 16.2 Å². The second-order valence-corrected chi connectivity index (χ2v) is 8.61. The number of aliphatic carboxylic acids is 1. The molecule has 24 heavy (non-hydrogen) atoms. The van der Waals surface area contributed by atoms with Gasteiger partial charge < -0.3 is 20.5 Å². The molecule has 1 fully saturated rings. The van der Waals surface area contributed by atoms with E-state index in [0.29, 0.717) is 18.9 Å². The average Bonchev–Trinajstić information content (AvgIpc) is 2.58. The van der Waals surface area contributed by atoms with Gasteiger partial charge in [0.1, 0.15) is 6.04 Å². The van der Waals surface area contributed by atoms with E-state index in [4.69, 9.17) is 5.11 Å². The Morgan fingerprint density at radius 2 is 1.79 bits per heavy atom. The lowest BCUT2D eigenvalue weighted by Gasteiger charge is -2.45. The van der Waals surface area contributed by atoms with Crippen molar-refractivity contribution in [1.29, 1.82) is 0 Å². The third kappa shape index (κ3) is 4.02. The number of carboxylic acid groups (broad SMARTS) is 1. The summed E-state index contributed by atoms with van der Waals surface area (Å²) in [5, 5.41) is 15.1. The zero-order valence-corrected chi connectivity index (χ0v) is 16.2. The molecule has 1 rings (SSSR count). The molecule has 0 spiro atoms. The van der Waals surface area contributed by atoms with Gasteiger partial charge in [-0.25, -0.2) is 9.59 Å². The van der Waals surface area contributed by atoms with Crippen LogP contribution in [0.1, 0.15) is 60.8 Å². The van der Waals surface area contributed by atoms with Gasteiger partial charge in [-0.15, -0.1) is 0 Å². The largest absolute Gasteiger partial charge is 0.480 e. The van der Waals surface area contributed by atoms with Gasteiger partial charge in [0.15, 0.2) is 0 Å². The molecule has 0 heterocycles. The first-order chi connectivity index (χ1) is 10.9. The Morgan fingerprint density at radius 3 is 2.21 bits per heavy atom. The number of methoxy groups -OCH3 is 1. The lowest BCUT2D eigenvalue weighted by atomic mass is 9.61. The van der Waals surface area contributed by atoms with E-state index in [0.717, 1.165) is 13.0 Å². The Labute approximate surface area is 145 Å². The fourth-order valence-corrected chi connectivity index (χ4v) is 3.70. The van der Waals surface area contributed by atoms with Crippen molar-refractivity contribution in [2.45, 2.75) is 72.9 Å². The molecule has 140 valence electrons. The predicted molar refractivity (Wildman–Crippen MR) is 93.9 cm³/mol. The van der Waals surface area contributed by atoms with E-state index >= 15 is 0 Å². The first-order valence-corrected chi connectivity index (χ1v) is 8.67. The van der Waals surface area contributed by atoms with E-state index in [2.05, 4.69) is 56.9 Å². The molecule has 1 aliphatic carbocycles. The Balaban J connectivity index is 2.53. The number of rotatable bonds is 7. The lowest BCUT2D eigenvalue weighted by molar-refractivity contribution is -0.139. The van der Waals surface area contributed by atoms with Gasteiger partial charge in [-0.05, 0) is 42.1 Å². The number of nitrogens with one attached hydrogen (secondary N) is 2. The zero-order chi connectivity index (χ0) is 18.8. The van der Waals surface area contributed by atoms with E-state index in [1.165, 1.54) is 7.11 Å². The Bertz CT molecular complexity index is 472. The Morgan fingerprint density at radius 1 is 1.21 bits per heavy atom. The highest BCUT2D eigenvalue weighted by molar-refractivity contribution is 5.79. The predicted octanol–water partition coefficient (Wildman–Crippen LogP) is 3.02. The fraction of sp³-hybridized carbons (Fsp3) is 0.889. The third-order valence-corrected chi connectivity index (χ3v) is 6.72. The summed E-state index contributed by atoms with van der Waals surface area (Å²) >= 11 is 0. The number of amides is 1. The number of hydrogen-bond donors (Lipinski definition) is 3. The van der Waals surface area contributed by atoms with Gasteiger partial charge in [-0.3, -0.25) is 0 Å². The topological polar surface area (TPSA) is 87.7 Å². The van der Waals surface area contributed by atoms with Crippen molar-refractivity contribution in [1.82, 2.24) is 10.6 Å². The molecule has 0 aromatic heterocycles. The normalized spacial score (nSPS) is 25.0. The van der Waals surface area contributed by atoms with E-state index in [1.807, 2.05) is 0 Å². The summed E-state index contributed by atoms with van der Waals surface area (Å²) in [4.78, 5) is 22.4. The summed E-state index contributed by atoms with van der Waals surface area (Å²) in [5.74, 6) is -1.04. The monoisotopic (exact) mass is 342 g/mol. The molecule has 6 nitrogen and oxygen atoms in total. The van der Waals surface area contributed by atoms with Crippen molar-refractivity contribution in [2.75, 3.05) is 13.7 Å². The molecule has 3 N–H and O–H groups in total. The van der Waals surface area contributed by atoms with Crippen LogP contribution in [-0.2, 0) is 9.53 Å². The minimum Gasteiger partial charge on any atom is -0.480 e. The molecule has 0 saturated heterocycles. The van der Waals surface area contributed by atoms with Crippen LogP contribution in [0.5, 0.6) is 0 Å². The van der Waals surface area contributed by atoms with Crippen LogP contribution in [0.2, 0.25) is 0 Å². The highest BCUT2D eigenvalue weighted by Gasteiger charge is 2.58. The third-order valence-electron chi connectivity index (χ3n) is 6.72. The summed E-state index contributed by atoms with van der Waals surface area (Å²) in [6.45, 7) is 14.6. The standard InChI is InChI=1S/C18H34N2O4/c1-16(2)11-13(17(3,4)18(16,5)6)19-10-8-9-12(14(21)22)20-15(23)24-7/h12-13,19H,8-11H2,1-7H3,(H,20,23)(H,21,22). The number of hydrogen-bond acceptors (Lipinski definition) is 4. The fourth-order valence-electron chi connectivity index (χ4n) is 3.70.